The van der Waals surface area contributed by atoms with Crippen molar-refractivity contribution in [1.82, 2.24) is 0 Å². The van der Waals surface area contributed by atoms with Crippen molar-refractivity contribution < 1.29 is 14.3 Å². The van der Waals surface area contributed by atoms with Gasteiger partial charge < -0.3 is 9.47 Å². The molecular weight excluding hydrogens is 328 g/mol. The van der Waals surface area contributed by atoms with Gasteiger partial charge in [0.1, 0.15) is 29.2 Å². The van der Waals surface area contributed by atoms with E-state index >= 15 is 0 Å². The van der Waals surface area contributed by atoms with Crippen molar-refractivity contribution in [2.45, 2.75) is 0 Å². The normalized spacial score (nSPS) is 9.29. The number of hydrogen-bond acceptors (Lipinski definition) is 5. The van der Waals surface area contributed by atoms with E-state index in [9.17, 15) is 4.79 Å². The molecule has 0 aromatic heterocycles. The van der Waals surface area contributed by atoms with Crippen LogP contribution in [0.2, 0.25) is 5.02 Å². The lowest BCUT2D eigenvalue weighted by atomic mass is 10.1. The van der Waals surface area contributed by atoms with Crippen molar-refractivity contribution in [3.63, 3.8) is 0 Å². The molecule has 0 spiro atoms. The number of rotatable bonds is 5. The molecule has 118 valence electrons. The van der Waals surface area contributed by atoms with Gasteiger partial charge in [-0.05, 0) is 42.0 Å². The van der Waals surface area contributed by atoms with Crippen molar-refractivity contribution in [3.8, 4) is 23.6 Å². The number of nitrogens with zero attached hydrogens (tertiary/aromatic N) is 2. The number of carbonyl (C=O) groups excluding carboxylic acids is 1. The maximum atomic E-state index is 11.7. The molecule has 6 heteroatoms. The van der Waals surface area contributed by atoms with Crippen molar-refractivity contribution in [3.05, 3.63) is 64.7 Å². The van der Waals surface area contributed by atoms with Crippen LogP contribution in [0.15, 0.2) is 54.1 Å². The number of ether oxygens (including phenoxy) is 2. The fourth-order valence-electron chi connectivity index (χ4n) is 1.75. The number of nitriles is 2. The zero-order chi connectivity index (χ0) is 17.4. The average molecular weight is 339 g/mol. The molecule has 0 unspecified atom stereocenters. The van der Waals surface area contributed by atoms with Gasteiger partial charge in [-0.3, -0.25) is 0 Å². The topological polar surface area (TPSA) is 83.1 Å². The lowest BCUT2D eigenvalue weighted by molar-refractivity contribution is -0.136. The van der Waals surface area contributed by atoms with Gasteiger partial charge in [0.2, 0.25) is 0 Å². The van der Waals surface area contributed by atoms with Crippen molar-refractivity contribution >= 4 is 23.6 Å². The van der Waals surface area contributed by atoms with E-state index in [0.717, 1.165) is 0 Å². The molecule has 2 aromatic rings. The highest BCUT2D eigenvalue weighted by Gasteiger charge is 2.06. The predicted octanol–water partition coefficient (Wildman–Crippen LogP) is 3.75. The predicted molar refractivity (Wildman–Crippen MR) is 88.2 cm³/mol. The smallest absolute Gasteiger partial charge is 0.349 e. The minimum Gasteiger partial charge on any atom is -0.482 e. The molecule has 0 saturated carbocycles. The number of allylic oxidation sites excluding steroid dienone is 1. The number of carbonyl (C=O) groups is 1. The molecule has 0 fully saturated rings. The summed E-state index contributed by atoms with van der Waals surface area (Å²) in [5, 5.41) is 17.9. The molecule has 0 radical (unpaired) electrons. The third-order valence-electron chi connectivity index (χ3n) is 2.82. The van der Waals surface area contributed by atoms with E-state index in [2.05, 4.69) is 0 Å². The van der Waals surface area contributed by atoms with Crippen LogP contribution in [0.3, 0.4) is 0 Å². The summed E-state index contributed by atoms with van der Waals surface area (Å²) in [6, 6.07) is 16.6. The summed E-state index contributed by atoms with van der Waals surface area (Å²) in [4.78, 5) is 11.7. The first kappa shape index (κ1) is 17.1. The first-order valence-electron chi connectivity index (χ1n) is 6.82. The van der Waals surface area contributed by atoms with Crippen molar-refractivity contribution in [2.24, 2.45) is 0 Å². The van der Waals surface area contributed by atoms with E-state index in [1.807, 2.05) is 0 Å². The van der Waals surface area contributed by atoms with E-state index in [1.165, 1.54) is 6.08 Å². The van der Waals surface area contributed by atoms with Crippen LogP contribution >= 0.6 is 11.6 Å². The van der Waals surface area contributed by atoms with Gasteiger partial charge in [-0.1, -0.05) is 29.8 Å². The number of benzene rings is 2. The molecule has 0 heterocycles. The summed E-state index contributed by atoms with van der Waals surface area (Å²) in [5.74, 6) is 0.246. The van der Waals surface area contributed by atoms with E-state index in [1.54, 1.807) is 60.7 Å². The van der Waals surface area contributed by atoms with Crippen LogP contribution in [-0.2, 0) is 4.79 Å². The summed E-state index contributed by atoms with van der Waals surface area (Å²) in [7, 11) is 0. The minimum absolute atomic E-state index is 0.00494. The second-order valence-electron chi connectivity index (χ2n) is 4.57. The monoisotopic (exact) mass is 338 g/mol. The van der Waals surface area contributed by atoms with Gasteiger partial charge in [-0.25, -0.2) is 4.79 Å². The Hall–Kier alpha value is -3.28. The zero-order valence-corrected chi connectivity index (χ0v) is 13.2. The molecule has 0 N–H and O–H groups in total. The molecule has 0 bridgehead atoms. The second kappa shape index (κ2) is 8.38. The Morgan fingerprint density at radius 3 is 2.42 bits per heavy atom. The van der Waals surface area contributed by atoms with Crippen molar-refractivity contribution in [2.75, 3.05) is 6.61 Å². The third-order valence-corrected chi connectivity index (χ3v) is 3.05. The lowest BCUT2D eigenvalue weighted by Gasteiger charge is -2.07. The first-order valence-corrected chi connectivity index (χ1v) is 7.19. The molecule has 2 aromatic carbocycles. The van der Waals surface area contributed by atoms with Crippen LogP contribution in [0.1, 0.15) is 5.56 Å². The van der Waals surface area contributed by atoms with Gasteiger partial charge in [0.05, 0.1) is 0 Å². The quantitative estimate of drug-likeness (QED) is 0.471. The van der Waals surface area contributed by atoms with Gasteiger partial charge in [-0.15, -0.1) is 0 Å². The molecule has 0 atom stereocenters. The SMILES string of the molecule is N#CC(C#N)=Cc1ccc(OC(=O)COc2cccc(Cl)c2)cc1. The van der Waals surface area contributed by atoms with Crippen LogP contribution < -0.4 is 9.47 Å². The summed E-state index contributed by atoms with van der Waals surface area (Å²) >= 11 is 5.82. The molecule has 24 heavy (non-hydrogen) atoms. The van der Waals surface area contributed by atoms with Gasteiger partial charge in [0, 0.05) is 5.02 Å². The zero-order valence-electron chi connectivity index (χ0n) is 12.4. The highest BCUT2D eigenvalue weighted by atomic mass is 35.5. The Kier molecular flexibility index (Phi) is 5.96. The molecule has 0 saturated heterocycles. The Morgan fingerprint density at radius 2 is 1.79 bits per heavy atom. The third kappa shape index (κ3) is 5.17. The maximum Gasteiger partial charge on any atom is 0.349 e. The second-order valence-corrected chi connectivity index (χ2v) is 5.01. The largest absolute Gasteiger partial charge is 0.482 e. The number of halogens is 1. The molecule has 0 amide bonds. The molecule has 0 aliphatic heterocycles. The number of hydrogen-bond donors (Lipinski definition) is 0. The highest BCUT2D eigenvalue weighted by Crippen LogP contribution is 2.18. The standard InChI is InChI=1S/C18H11ClN2O3/c19-15-2-1-3-17(9-15)23-12-18(22)24-16-6-4-13(5-7-16)8-14(10-20)11-21/h1-9H,12H2. The Balaban J connectivity index is 1.92. The van der Waals surface area contributed by atoms with Crippen LogP contribution in [0.5, 0.6) is 11.5 Å². The molecule has 0 aliphatic carbocycles. The summed E-state index contributed by atoms with van der Waals surface area (Å²) in [6.45, 7) is -0.255. The molecule has 5 nitrogen and oxygen atoms in total. The Morgan fingerprint density at radius 1 is 1.08 bits per heavy atom. The average Bonchev–Trinajstić information content (AvgIpc) is 2.59. The number of esters is 1. The molecule has 2 rings (SSSR count). The van der Waals surface area contributed by atoms with Crippen LogP contribution in [0.4, 0.5) is 0 Å². The van der Waals surface area contributed by atoms with Gasteiger partial charge in [-0.2, -0.15) is 10.5 Å². The van der Waals surface area contributed by atoms with E-state index in [-0.39, 0.29) is 12.2 Å². The first-order chi connectivity index (χ1) is 11.6. The van der Waals surface area contributed by atoms with E-state index in [0.29, 0.717) is 22.1 Å². The Bertz CT molecular complexity index is 830. The van der Waals surface area contributed by atoms with E-state index in [4.69, 9.17) is 31.6 Å². The van der Waals surface area contributed by atoms with Crippen LogP contribution in [-0.4, -0.2) is 12.6 Å². The van der Waals surface area contributed by atoms with Gasteiger partial charge in [0.15, 0.2) is 6.61 Å². The highest BCUT2D eigenvalue weighted by molar-refractivity contribution is 6.30. The fourth-order valence-corrected chi connectivity index (χ4v) is 1.93. The van der Waals surface area contributed by atoms with Gasteiger partial charge >= 0.3 is 5.97 Å². The Labute approximate surface area is 143 Å². The fraction of sp³-hybridized carbons (Fsp3) is 0.0556. The molecule has 0 aliphatic rings. The van der Waals surface area contributed by atoms with E-state index < -0.39 is 5.97 Å². The maximum absolute atomic E-state index is 11.7. The lowest BCUT2D eigenvalue weighted by Crippen LogP contribution is -2.17. The summed E-state index contributed by atoms with van der Waals surface area (Å²) in [5.41, 5.74) is 0.651. The van der Waals surface area contributed by atoms with Crippen LogP contribution in [0.25, 0.3) is 6.08 Å². The summed E-state index contributed by atoms with van der Waals surface area (Å²) in [6.07, 6.45) is 1.44. The van der Waals surface area contributed by atoms with Gasteiger partial charge in [0.25, 0.3) is 0 Å². The minimum atomic E-state index is -0.562. The van der Waals surface area contributed by atoms with Crippen molar-refractivity contribution in [1.29, 1.82) is 10.5 Å². The van der Waals surface area contributed by atoms with Crippen LogP contribution in [0, 0.1) is 22.7 Å². The molecular formula is C18H11ClN2O3. The summed E-state index contributed by atoms with van der Waals surface area (Å²) < 4.78 is 10.4.